The minimum Gasteiger partial charge on any atom is -0.492 e. The number of Topliss-reactive ketones (excluding diaryl/α,β-unsaturated/α-hetero) is 1. The molecule has 1 saturated carbocycles. The molecule has 3 rings (SSSR count). The minimum absolute atomic E-state index is 0.112. The van der Waals surface area contributed by atoms with Crippen molar-refractivity contribution in [3.05, 3.63) is 53.9 Å². The van der Waals surface area contributed by atoms with Crippen molar-refractivity contribution in [1.29, 1.82) is 0 Å². The van der Waals surface area contributed by atoms with Gasteiger partial charge in [0.2, 0.25) is 0 Å². The Bertz CT molecular complexity index is 661. The molecule has 1 aromatic carbocycles. The Morgan fingerprint density at radius 1 is 1.29 bits per heavy atom. The van der Waals surface area contributed by atoms with Crippen LogP contribution in [0.3, 0.4) is 0 Å². The van der Waals surface area contributed by atoms with Gasteiger partial charge in [-0.15, -0.1) is 0 Å². The Balaban J connectivity index is 1.91. The average Bonchev–Trinajstić information content (AvgIpc) is 3.29. The van der Waals surface area contributed by atoms with Crippen molar-refractivity contribution < 1.29 is 9.53 Å². The molecule has 4 heteroatoms. The highest BCUT2D eigenvalue weighted by molar-refractivity contribution is 6.06. The molecule has 108 valence electrons. The minimum atomic E-state index is -0.403. The summed E-state index contributed by atoms with van der Waals surface area (Å²) in [6, 6.07) is 9.35. The summed E-state index contributed by atoms with van der Waals surface area (Å²) in [6.45, 7) is 2.47. The highest BCUT2D eigenvalue weighted by atomic mass is 16.5. The van der Waals surface area contributed by atoms with Crippen molar-refractivity contribution in [1.82, 2.24) is 4.98 Å². The van der Waals surface area contributed by atoms with E-state index in [-0.39, 0.29) is 5.78 Å². The Morgan fingerprint density at radius 2 is 2.00 bits per heavy atom. The number of hydrogen-bond acceptors (Lipinski definition) is 4. The van der Waals surface area contributed by atoms with Crippen LogP contribution in [0.2, 0.25) is 0 Å². The van der Waals surface area contributed by atoms with Gasteiger partial charge in [-0.2, -0.15) is 0 Å². The Hall–Kier alpha value is -2.36. The fourth-order valence-corrected chi connectivity index (χ4v) is 2.64. The number of ketones is 1. The predicted molar refractivity (Wildman–Crippen MR) is 81.5 cm³/mol. The van der Waals surface area contributed by atoms with Crippen molar-refractivity contribution in [2.45, 2.75) is 25.2 Å². The smallest absolute Gasteiger partial charge is 0.175 e. The lowest BCUT2D eigenvalue weighted by molar-refractivity contribution is 0.0945. The quantitative estimate of drug-likeness (QED) is 0.676. The molecule has 0 spiro atoms. The first kappa shape index (κ1) is 13.6. The molecule has 0 amide bonds. The molecule has 2 aromatic rings. The maximum absolute atomic E-state index is 12.8. The first-order valence-electron chi connectivity index (χ1n) is 7.14. The standard InChI is InChI=1S/C17H18N2O2/c1-2-21-15-9-12(10-19-11-15)16(20)17(7-8-17)13-3-5-14(18)6-4-13/h3-6,9-11H,2,7-8,18H2,1H3. The van der Waals surface area contributed by atoms with Crippen molar-refractivity contribution >= 4 is 11.5 Å². The van der Waals surface area contributed by atoms with Crippen LogP contribution < -0.4 is 10.5 Å². The second-order valence-electron chi connectivity index (χ2n) is 5.38. The number of hydrogen-bond donors (Lipinski definition) is 1. The van der Waals surface area contributed by atoms with Crippen LogP contribution in [-0.2, 0) is 5.41 Å². The van der Waals surface area contributed by atoms with Gasteiger partial charge in [0.15, 0.2) is 5.78 Å². The molecule has 0 aliphatic heterocycles. The number of aromatic nitrogens is 1. The Morgan fingerprint density at radius 3 is 2.62 bits per heavy atom. The summed E-state index contributed by atoms with van der Waals surface area (Å²) in [4.78, 5) is 17.0. The van der Waals surface area contributed by atoms with Crippen LogP contribution in [0.1, 0.15) is 35.7 Å². The maximum atomic E-state index is 12.8. The molecular formula is C17H18N2O2. The van der Waals surface area contributed by atoms with E-state index in [0.717, 1.165) is 18.4 Å². The molecule has 2 N–H and O–H groups in total. The number of rotatable bonds is 5. The lowest BCUT2D eigenvalue weighted by Crippen LogP contribution is -2.21. The van der Waals surface area contributed by atoms with E-state index in [1.165, 1.54) is 0 Å². The Kier molecular flexibility index (Phi) is 3.37. The zero-order valence-corrected chi connectivity index (χ0v) is 12.0. The lowest BCUT2D eigenvalue weighted by atomic mass is 9.88. The van der Waals surface area contributed by atoms with E-state index < -0.39 is 5.41 Å². The van der Waals surface area contributed by atoms with Gasteiger partial charge in [0.05, 0.1) is 18.2 Å². The van der Waals surface area contributed by atoms with E-state index in [1.807, 2.05) is 31.2 Å². The summed E-state index contributed by atoms with van der Waals surface area (Å²) in [7, 11) is 0. The molecule has 1 aliphatic carbocycles. The van der Waals surface area contributed by atoms with Gasteiger partial charge in [0.1, 0.15) is 5.75 Å². The van der Waals surface area contributed by atoms with Crippen LogP contribution in [-0.4, -0.2) is 17.4 Å². The van der Waals surface area contributed by atoms with E-state index in [1.54, 1.807) is 18.5 Å². The fraction of sp³-hybridized carbons (Fsp3) is 0.294. The zero-order chi connectivity index (χ0) is 14.9. The monoisotopic (exact) mass is 282 g/mol. The number of ether oxygens (including phenoxy) is 1. The van der Waals surface area contributed by atoms with Gasteiger partial charge in [-0.05, 0) is 43.5 Å². The number of nitrogens with two attached hydrogens (primary N) is 1. The van der Waals surface area contributed by atoms with Gasteiger partial charge in [0.25, 0.3) is 0 Å². The molecule has 21 heavy (non-hydrogen) atoms. The van der Waals surface area contributed by atoms with Crippen LogP contribution in [0.4, 0.5) is 5.69 Å². The van der Waals surface area contributed by atoms with Crippen LogP contribution in [0, 0.1) is 0 Å². The van der Waals surface area contributed by atoms with E-state index in [9.17, 15) is 4.79 Å². The molecule has 0 bridgehead atoms. The van der Waals surface area contributed by atoms with Crippen molar-refractivity contribution in [3.8, 4) is 5.75 Å². The average molecular weight is 282 g/mol. The summed E-state index contributed by atoms with van der Waals surface area (Å²) < 4.78 is 5.42. The van der Waals surface area contributed by atoms with Crippen molar-refractivity contribution in [2.24, 2.45) is 0 Å². The van der Waals surface area contributed by atoms with Crippen molar-refractivity contribution in [2.75, 3.05) is 12.3 Å². The second kappa shape index (κ2) is 5.20. The Labute approximate surface area is 124 Å². The number of benzene rings is 1. The third-order valence-electron chi connectivity index (χ3n) is 3.93. The summed E-state index contributed by atoms with van der Waals surface area (Å²) in [5.41, 5.74) is 7.66. The number of carbonyl (C=O) groups excluding carboxylic acids is 1. The van der Waals surface area contributed by atoms with Crippen LogP contribution >= 0.6 is 0 Å². The van der Waals surface area contributed by atoms with Gasteiger partial charge in [0, 0.05) is 17.4 Å². The molecule has 1 fully saturated rings. The van der Waals surface area contributed by atoms with E-state index >= 15 is 0 Å². The molecule has 0 radical (unpaired) electrons. The summed E-state index contributed by atoms with van der Waals surface area (Å²) in [5, 5.41) is 0. The zero-order valence-electron chi connectivity index (χ0n) is 12.0. The topological polar surface area (TPSA) is 65.2 Å². The van der Waals surface area contributed by atoms with Gasteiger partial charge < -0.3 is 10.5 Å². The molecule has 0 unspecified atom stereocenters. The van der Waals surface area contributed by atoms with Gasteiger partial charge in [-0.25, -0.2) is 0 Å². The highest BCUT2D eigenvalue weighted by Gasteiger charge is 2.51. The van der Waals surface area contributed by atoms with Gasteiger partial charge in [-0.1, -0.05) is 12.1 Å². The molecular weight excluding hydrogens is 264 g/mol. The summed E-state index contributed by atoms with van der Waals surface area (Å²) >= 11 is 0. The SMILES string of the molecule is CCOc1cncc(C(=O)C2(c3ccc(N)cc3)CC2)c1. The van der Waals surface area contributed by atoms with E-state index in [4.69, 9.17) is 10.5 Å². The molecule has 0 atom stereocenters. The fourth-order valence-electron chi connectivity index (χ4n) is 2.64. The van der Waals surface area contributed by atoms with Crippen molar-refractivity contribution in [3.63, 3.8) is 0 Å². The summed E-state index contributed by atoms with van der Waals surface area (Å²) in [5.74, 6) is 0.748. The maximum Gasteiger partial charge on any atom is 0.175 e. The number of carbonyl (C=O) groups is 1. The largest absolute Gasteiger partial charge is 0.492 e. The summed E-state index contributed by atoms with van der Waals surface area (Å²) in [6.07, 6.45) is 4.98. The first-order valence-corrected chi connectivity index (χ1v) is 7.14. The molecule has 1 heterocycles. The third kappa shape index (κ3) is 2.49. The number of nitrogen functional groups attached to an aromatic ring is 1. The van der Waals surface area contributed by atoms with E-state index in [2.05, 4.69) is 4.98 Å². The van der Waals surface area contributed by atoms with Gasteiger partial charge in [-0.3, -0.25) is 9.78 Å². The predicted octanol–water partition coefficient (Wildman–Crippen LogP) is 2.98. The number of anilines is 1. The molecule has 1 aliphatic rings. The van der Waals surface area contributed by atoms with Crippen LogP contribution in [0.25, 0.3) is 0 Å². The highest BCUT2D eigenvalue weighted by Crippen LogP contribution is 2.50. The van der Waals surface area contributed by atoms with Gasteiger partial charge >= 0.3 is 0 Å². The second-order valence-corrected chi connectivity index (χ2v) is 5.38. The van der Waals surface area contributed by atoms with E-state index in [0.29, 0.717) is 23.6 Å². The van der Waals surface area contributed by atoms with Crippen LogP contribution in [0.15, 0.2) is 42.7 Å². The van der Waals surface area contributed by atoms with Crippen LogP contribution in [0.5, 0.6) is 5.75 Å². The third-order valence-corrected chi connectivity index (χ3v) is 3.93. The molecule has 0 saturated heterocycles. The first-order chi connectivity index (χ1) is 10.2. The normalized spacial score (nSPS) is 15.5. The number of pyridine rings is 1. The number of nitrogens with zero attached hydrogens (tertiary/aromatic N) is 1. The molecule has 1 aromatic heterocycles. The lowest BCUT2D eigenvalue weighted by Gasteiger charge is -2.15. The molecule has 4 nitrogen and oxygen atoms in total.